The van der Waals surface area contributed by atoms with Crippen molar-refractivity contribution in [2.45, 2.75) is 60.0 Å². The van der Waals surface area contributed by atoms with Gasteiger partial charge >= 0.3 is 0 Å². The van der Waals surface area contributed by atoms with Gasteiger partial charge in [0.1, 0.15) is 0 Å². The van der Waals surface area contributed by atoms with Gasteiger partial charge in [-0.3, -0.25) is 0 Å². The molecule has 0 aliphatic rings. The van der Waals surface area contributed by atoms with E-state index < -0.39 is 0 Å². The second-order valence-corrected chi connectivity index (χ2v) is 4.52. The van der Waals surface area contributed by atoms with Gasteiger partial charge in [-0.25, -0.2) is 0 Å². The van der Waals surface area contributed by atoms with E-state index in [0.717, 1.165) is 18.3 Å². The summed E-state index contributed by atoms with van der Waals surface area (Å²) >= 11 is 0. The Morgan fingerprint density at radius 2 is 1.31 bits per heavy atom. The summed E-state index contributed by atoms with van der Waals surface area (Å²) in [4.78, 5) is 0. The van der Waals surface area contributed by atoms with Crippen LogP contribution in [0, 0.1) is 17.8 Å². The lowest BCUT2D eigenvalue weighted by Crippen LogP contribution is -2.23. The van der Waals surface area contributed by atoms with Crippen LogP contribution in [0.5, 0.6) is 0 Å². The van der Waals surface area contributed by atoms with Gasteiger partial charge in [-0.1, -0.05) is 40.5 Å². The highest BCUT2D eigenvalue weighted by molar-refractivity contribution is 4.72. The third-order valence-electron chi connectivity index (χ3n) is 3.36. The van der Waals surface area contributed by atoms with Crippen LogP contribution in [0.2, 0.25) is 0 Å². The Bertz CT molecular complexity index is 110. The van der Waals surface area contributed by atoms with Crippen molar-refractivity contribution in [3.8, 4) is 0 Å². The Kier molecular flexibility index (Phi) is 6.40. The number of hydrogen-bond acceptors (Lipinski definition) is 1. The third-order valence-corrected chi connectivity index (χ3v) is 3.36. The SMILES string of the molecule is CCC(C)C(CC(C)O)C(C)CC. The molecule has 80 valence electrons. The van der Waals surface area contributed by atoms with Crippen molar-refractivity contribution in [3.63, 3.8) is 0 Å². The van der Waals surface area contributed by atoms with E-state index in [1.165, 1.54) is 12.8 Å². The van der Waals surface area contributed by atoms with Crippen LogP contribution in [-0.2, 0) is 0 Å². The molecule has 1 nitrogen and oxygen atoms in total. The molecule has 3 unspecified atom stereocenters. The first-order chi connectivity index (χ1) is 6.02. The summed E-state index contributed by atoms with van der Waals surface area (Å²) in [6, 6.07) is 0. The number of aliphatic hydroxyl groups is 1. The first kappa shape index (κ1) is 13.0. The molecule has 0 fully saturated rings. The minimum absolute atomic E-state index is 0.145. The van der Waals surface area contributed by atoms with Crippen molar-refractivity contribution in [2.24, 2.45) is 17.8 Å². The Morgan fingerprint density at radius 3 is 1.54 bits per heavy atom. The fourth-order valence-corrected chi connectivity index (χ4v) is 2.02. The van der Waals surface area contributed by atoms with E-state index in [0.29, 0.717) is 5.92 Å². The normalized spacial score (nSPS) is 20.8. The van der Waals surface area contributed by atoms with Gasteiger partial charge in [0.25, 0.3) is 0 Å². The molecule has 0 saturated carbocycles. The van der Waals surface area contributed by atoms with Gasteiger partial charge < -0.3 is 5.11 Å². The average molecular weight is 186 g/mol. The molecule has 0 rings (SSSR count). The van der Waals surface area contributed by atoms with Crippen LogP contribution in [0.25, 0.3) is 0 Å². The van der Waals surface area contributed by atoms with Crippen LogP contribution in [0.15, 0.2) is 0 Å². The molecular weight excluding hydrogens is 160 g/mol. The predicted octanol–water partition coefficient (Wildman–Crippen LogP) is 3.47. The maximum atomic E-state index is 9.41. The van der Waals surface area contributed by atoms with Crippen molar-refractivity contribution >= 4 is 0 Å². The Balaban J connectivity index is 4.17. The lowest BCUT2D eigenvalue weighted by molar-refractivity contribution is 0.114. The first-order valence-corrected chi connectivity index (χ1v) is 5.70. The molecule has 0 amide bonds. The average Bonchev–Trinajstić information content (AvgIpc) is 2.11. The summed E-state index contributed by atoms with van der Waals surface area (Å²) in [5.74, 6) is 2.17. The molecule has 0 aliphatic heterocycles. The molecule has 0 radical (unpaired) electrons. The van der Waals surface area contributed by atoms with Crippen LogP contribution in [0.1, 0.15) is 53.9 Å². The summed E-state index contributed by atoms with van der Waals surface area (Å²) in [6.45, 7) is 11.0. The van der Waals surface area contributed by atoms with Crippen molar-refractivity contribution in [2.75, 3.05) is 0 Å². The second kappa shape index (κ2) is 6.42. The highest BCUT2D eigenvalue weighted by atomic mass is 16.3. The van der Waals surface area contributed by atoms with Gasteiger partial charge in [-0.05, 0) is 31.1 Å². The molecule has 0 spiro atoms. The minimum Gasteiger partial charge on any atom is -0.393 e. The molecule has 1 N–H and O–H groups in total. The zero-order valence-electron chi connectivity index (χ0n) is 9.88. The van der Waals surface area contributed by atoms with Gasteiger partial charge in [0.05, 0.1) is 6.10 Å². The van der Waals surface area contributed by atoms with Crippen LogP contribution in [0.3, 0.4) is 0 Å². The molecular formula is C12H26O. The van der Waals surface area contributed by atoms with Gasteiger partial charge in [0, 0.05) is 0 Å². The molecule has 13 heavy (non-hydrogen) atoms. The number of hydrogen-bond donors (Lipinski definition) is 1. The maximum absolute atomic E-state index is 9.41. The molecule has 0 aromatic heterocycles. The maximum Gasteiger partial charge on any atom is 0.0515 e. The molecule has 0 bridgehead atoms. The van der Waals surface area contributed by atoms with Crippen molar-refractivity contribution in [1.82, 2.24) is 0 Å². The van der Waals surface area contributed by atoms with Gasteiger partial charge in [-0.15, -0.1) is 0 Å². The summed E-state index contributed by atoms with van der Waals surface area (Å²) in [5, 5.41) is 9.41. The highest BCUT2D eigenvalue weighted by Crippen LogP contribution is 2.29. The minimum atomic E-state index is -0.145. The van der Waals surface area contributed by atoms with Crippen LogP contribution in [-0.4, -0.2) is 11.2 Å². The van der Waals surface area contributed by atoms with Crippen molar-refractivity contribution in [1.29, 1.82) is 0 Å². The van der Waals surface area contributed by atoms with E-state index in [-0.39, 0.29) is 6.10 Å². The monoisotopic (exact) mass is 186 g/mol. The van der Waals surface area contributed by atoms with Crippen LogP contribution in [0.4, 0.5) is 0 Å². The lowest BCUT2D eigenvalue weighted by Gasteiger charge is -2.29. The Morgan fingerprint density at radius 1 is 0.923 bits per heavy atom. The molecule has 0 saturated heterocycles. The Labute approximate surface area is 83.5 Å². The summed E-state index contributed by atoms with van der Waals surface area (Å²) in [6.07, 6.45) is 3.26. The van der Waals surface area contributed by atoms with E-state index in [4.69, 9.17) is 0 Å². The van der Waals surface area contributed by atoms with Crippen molar-refractivity contribution in [3.05, 3.63) is 0 Å². The third kappa shape index (κ3) is 4.66. The lowest BCUT2D eigenvalue weighted by atomic mass is 9.77. The van der Waals surface area contributed by atoms with E-state index in [9.17, 15) is 5.11 Å². The standard InChI is InChI=1S/C12H26O/c1-6-9(3)12(8-11(5)13)10(4)7-2/h9-13H,6-8H2,1-5H3. The zero-order chi connectivity index (χ0) is 10.4. The fourth-order valence-electron chi connectivity index (χ4n) is 2.02. The summed E-state index contributed by atoms with van der Waals surface area (Å²) in [7, 11) is 0. The zero-order valence-corrected chi connectivity index (χ0v) is 9.88. The molecule has 0 heterocycles. The smallest absolute Gasteiger partial charge is 0.0515 e. The predicted molar refractivity (Wildman–Crippen MR) is 58.7 cm³/mol. The fraction of sp³-hybridized carbons (Fsp3) is 1.00. The van der Waals surface area contributed by atoms with E-state index >= 15 is 0 Å². The number of aliphatic hydroxyl groups excluding tert-OH is 1. The van der Waals surface area contributed by atoms with Crippen molar-refractivity contribution < 1.29 is 5.11 Å². The largest absolute Gasteiger partial charge is 0.393 e. The van der Waals surface area contributed by atoms with E-state index in [1.54, 1.807) is 0 Å². The quantitative estimate of drug-likeness (QED) is 0.673. The van der Waals surface area contributed by atoms with Gasteiger partial charge in [-0.2, -0.15) is 0 Å². The molecule has 0 aromatic carbocycles. The number of rotatable bonds is 6. The van der Waals surface area contributed by atoms with Gasteiger partial charge in [0.15, 0.2) is 0 Å². The van der Waals surface area contributed by atoms with E-state index in [2.05, 4.69) is 27.7 Å². The molecule has 0 aliphatic carbocycles. The van der Waals surface area contributed by atoms with Crippen LogP contribution < -0.4 is 0 Å². The van der Waals surface area contributed by atoms with Gasteiger partial charge in [0.2, 0.25) is 0 Å². The van der Waals surface area contributed by atoms with E-state index in [1.807, 2.05) is 6.92 Å². The second-order valence-electron chi connectivity index (χ2n) is 4.52. The first-order valence-electron chi connectivity index (χ1n) is 5.70. The highest BCUT2D eigenvalue weighted by Gasteiger charge is 2.22. The summed E-state index contributed by atoms with van der Waals surface area (Å²) < 4.78 is 0. The van der Waals surface area contributed by atoms with Crippen LogP contribution >= 0.6 is 0 Å². The Hall–Kier alpha value is -0.0400. The molecule has 3 atom stereocenters. The topological polar surface area (TPSA) is 20.2 Å². The molecule has 1 heteroatoms. The summed E-state index contributed by atoms with van der Waals surface area (Å²) in [5.41, 5.74) is 0. The molecule has 0 aromatic rings.